The standard InChI is InChI=1S/C14H9ClFNO/c15-12-3-1-2-4-14(12)18-9-11-7-10(8-17)5-6-13(11)16/h1-7H,9H2. The Balaban J connectivity index is 2.16. The van der Waals surface area contributed by atoms with Crippen molar-refractivity contribution in [1.29, 1.82) is 5.26 Å². The molecule has 0 unspecified atom stereocenters. The SMILES string of the molecule is N#Cc1ccc(F)c(COc2ccccc2Cl)c1. The number of hydrogen-bond donors (Lipinski definition) is 0. The molecule has 0 aliphatic heterocycles. The molecule has 0 aliphatic rings. The number of rotatable bonds is 3. The molecule has 90 valence electrons. The third kappa shape index (κ3) is 2.79. The topological polar surface area (TPSA) is 33.0 Å². The lowest BCUT2D eigenvalue weighted by Crippen LogP contribution is -1.99. The smallest absolute Gasteiger partial charge is 0.138 e. The van der Waals surface area contributed by atoms with Crippen LogP contribution in [0.25, 0.3) is 0 Å². The average molecular weight is 262 g/mol. The van der Waals surface area contributed by atoms with Crippen LogP contribution in [0.3, 0.4) is 0 Å². The molecule has 2 nitrogen and oxygen atoms in total. The van der Waals surface area contributed by atoms with E-state index in [-0.39, 0.29) is 6.61 Å². The first-order chi connectivity index (χ1) is 8.70. The molecule has 0 heterocycles. The minimum Gasteiger partial charge on any atom is -0.487 e. The molecule has 0 fully saturated rings. The van der Waals surface area contributed by atoms with Crippen LogP contribution in [-0.4, -0.2) is 0 Å². The van der Waals surface area contributed by atoms with Crippen LogP contribution in [0.4, 0.5) is 4.39 Å². The quantitative estimate of drug-likeness (QED) is 0.839. The van der Waals surface area contributed by atoms with Crippen LogP contribution < -0.4 is 4.74 Å². The maximum atomic E-state index is 13.5. The van der Waals surface area contributed by atoms with Gasteiger partial charge in [-0.1, -0.05) is 23.7 Å². The minimum atomic E-state index is -0.402. The highest BCUT2D eigenvalue weighted by molar-refractivity contribution is 6.32. The summed E-state index contributed by atoms with van der Waals surface area (Å²) in [6.45, 7) is 0.0328. The van der Waals surface area contributed by atoms with E-state index in [4.69, 9.17) is 21.6 Å². The molecule has 0 amide bonds. The summed E-state index contributed by atoms with van der Waals surface area (Å²) in [5, 5.41) is 9.21. The van der Waals surface area contributed by atoms with Crippen LogP contribution in [0.2, 0.25) is 5.02 Å². The number of nitriles is 1. The molecule has 2 aromatic rings. The van der Waals surface area contributed by atoms with Crippen molar-refractivity contribution in [3.63, 3.8) is 0 Å². The normalized spacial score (nSPS) is 9.83. The molecule has 2 aromatic carbocycles. The summed E-state index contributed by atoms with van der Waals surface area (Å²) in [6, 6.07) is 13.1. The van der Waals surface area contributed by atoms with Gasteiger partial charge in [0, 0.05) is 5.56 Å². The first-order valence-electron chi connectivity index (χ1n) is 5.26. The van der Waals surface area contributed by atoms with Crippen LogP contribution in [0.15, 0.2) is 42.5 Å². The zero-order valence-corrected chi connectivity index (χ0v) is 10.1. The van der Waals surface area contributed by atoms with E-state index in [1.807, 2.05) is 6.07 Å². The van der Waals surface area contributed by atoms with Crippen LogP contribution >= 0.6 is 11.6 Å². The fourth-order valence-electron chi connectivity index (χ4n) is 1.47. The molecule has 0 aromatic heterocycles. The van der Waals surface area contributed by atoms with E-state index in [2.05, 4.69) is 0 Å². The van der Waals surface area contributed by atoms with Gasteiger partial charge in [0.1, 0.15) is 18.2 Å². The van der Waals surface area contributed by atoms with E-state index >= 15 is 0 Å². The predicted octanol–water partition coefficient (Wildman–Crippen LogP) is 3.93. The second-order valence-electron chi connectivity index (χ2n) is 3.64. The molecule has 2 rings (SSSR count). The summed E-state index contributed by atoms with van der Waals surface area (Å²) < 4.78 is 18.9. The van der Waals surface area contributed by atoms with E-state index in [1.165, 1.54) is 18.2 Å². The lowest BCUT2D eigenvalue weighted by molar-refractivity contribution is 0.300. The molecule has 0 radical (unpaired) electrons. The van der Waals surface area contributed by atoms with E-state index in [0.29, 0.717) is 21.9 Å². The molecular formula is C14H9ClFNO. The fraction of sp³-hybridized carbons (Fsp3) is 0.0714. The molecule has 4 heteroatoms. The number of nitrogens with zero attached hydrogens (tertiary/aromatic N) is 1. The molecular weight excluding hydrogens is 253 g/mol. The first-order valence-corrected chi connectivity index (χ1v) is 5.64. The van der Waals surface area contributed by atoms with Gasteiger partial charge in [-0.3, -0.25) is 0 Å². The third-order valence-corrected chi connectivity index (χ3v) is 2.71. The number of benzene rings is 2. The van der Waals surface area contributed by atoms with Crippen molar-refractivity contribution < 1.29 is 9.13 Å². The lowest BCUT2D eigenvalue weighted by atomic mass is 10.1. The minimum absolute atomic E-state index is 0.0328. The van der Waals surface area contributed by atoms with Crippen molar-refractivity contribution in [3.05, 3.63) is 64.4 Å². The van der Waals surface area contributed by atoms with Gasteiger partial charge >= 0.3 is 0 Å². The number of ether oxygens (including phenoxy) is 1. The predicted molar refractivity (Wildman–Crippen MR) is 66.9 cm³/mol. The van der Waals surface area contributed by atoms with E-state index < -0.39 is 5.82 Å². The van der Waals surface area contributed by atoms with E-state index in [9.17, 15) is 4.39 Å². The van der Waals surface area contributed by atoms with E-state index in [1.54, 1.807) is 24.3 Å². The van der Waals surface area contributed by atoms with E-state index in [0.717, 1.165) is 0 Å². The molecule has 0 bridgehead atoms. The molecule has 0 aliphatic carbocycles. The maximum absolute atomic E-state index is 13.5. The van der Waals surface area contributed by atoms with Crippen molar-refractivity contribution in [2.24, 2.45) is 0 Å². The highest BCUT2D eigenvalue weighted by Crippen LogP contribution is 2.24. The zero-order chi connectivity index (χ0) is 13.0. The second kappa shape index (κ2) is 5.52. The van der Waals surface area contributed by atoms with Gasteiger partial charge in [-0.05, 0) is 30.3 Å². The largest absolute Gasteiger partial charge is 0.487 e. The number of hydrogen-bond acceptors (Lipinski definition) is 2. The third-order valence-electron chi connectivity index (χ3n) is 2.39. The lowest BCUT2D eigenvalue weighted by Gasteiger charge is -2.08. The molecule has 18 heavy (non-hydrogen) atoms. The van der Waals surface area contributed by atoms with Crippen molar-refractivity contribution >= 4 is 11.6 Å². The van der Waals surface area contributed by atoms with Gasteiger partial charge in [0.05, 0.1) is 16.7 Å². The van der Waals surface area contributed by atoms with Gasteiger partial charge in [-0.25, -0.2) is 4.39 Å². The second-order valence-corrected chi connectivity index (χ2v) is 4.04. The Hall–Kier alpha value is -2.05. The summed E-state index contributed by atoms with van der Waals surface area (Å²) in [4.78, 5) is 0. The Morgan fingerprint density at radius 3 is 2.72 bits per heavy atom. The highest BCUT2D eigenvalue weighted by Gasteiger charge is 2.06. The maximum Gasteiger partial charge on any atom is 0.138 e. The van der Waals surface area contributed by atoms with Gasteiger partial charge in [-0.15, -0.1) is 0 Å². The van der Waals surface area contributed by atoms with Gasteiger partial charge in [0.2, 0.25) is 0 Å². The summed E-state index contributed by atoms with van der Waals surface area (Å²) in [7, 11) is 0. The summed E-state index contributed by atoms with van der Waals surface area (Å²) >= 11 is 5.92. The summed E-state index contributed by atoms with van der Waals surface area (Å²) in [5.41, 5.74) is 0.725. The van der Waals surface area contributed by atoms with Crippen LogP contribution in [0.1, 0.15) is 11.1 Å². The van der Waals surface area contributed by atoms with Crippen molar-refractivity contribution in [2.45, 2.75) is 6.61 Å². The molecule has 0 N–H and O–H groups in total. The van der Waals surface area contributed by atoms with Gasteiger partial charge in [0.25, 0.3) is 0 Å². The van der Waals surface area contributed by atoms with Crippen LogP contribution in [-0.2, 0) is 6.61 Å². The van der Waals surface area contributed by atoms with Crippen LogP contribution in [0.5, 0.6) is 5.75 Å². The average Bonchev–Trinajstić information content (AvgIpc) is 2.39. The molecule has 0 saturated carbocycles. The van der Waals surface area contributed by atoms with Gasteiger partial charge in [0.15, 0.2) is 0 Å². The monoisotopic (exact) mass is 261 g/mol. The Kier molecular flexibility index (Phi) is 3.81. The summed E-state index contributed by atoms with van der Waals surface area (Å²) in [5.74, 6) is 0.0852. The van der Waals surface area contributed by atoms with Gasteiger partial charge in [-0.2, -0.15) is 5.26 Å². The first kappa shape index (κ1) is 12.4. The highest BCUT2D eigenvalue weighted by atomic mass is 35.5. The Morgan fingerprint density at radius 2 is 2.00 bits per heavy atom. The molecule has 0 spiro atoms. The van der Waals surface area contributed by atoms with Crippen LogP contribution in [0, 0.1) is 17.1 Å². The summed E-state index contributed by atoms with van der Waals surface area (Å²) in [6.07, 6.45) is 0. The zero-order valence-electron chi connectivity index (χ0n) is 9.36. The van der Waals surface area contributed by atoms with Crippen molar-refractivity contribution in [3.8, 4) is 11.8 Å². The fourth-order valence-corrected chi connectivity index (χ4v) is 1.66. The van der Waals surface area contributed by atoms with Crippen molar-refractivity contribution in [1.82, 2.24) is 0 Å². The van der Waals surface area contributed by atoms with Gasteiger partial charge < -0.3 is 4.74 Å². The molecule has 0 atom stereocenters. The molecule has 0 saturated heterocycles. The number of para-hydroxylation sites is 1. The Labute approximate surface area is 109 Å². The van der Waals surface area contributed by atoms with Crippen molar-refractivity contribution in [2.75, 3.05) is 0 Å². The Morgan fingerprint density at radius 1 is 1.22 bits per heavy atom. The number of halogens is 2. The Bertz CT molecular complexity index is 607.